The summed E-state index contributed by atoms with van der Waals surface area (Å²) in [6.45, 7) is 1.76. The second-order valence-electron chi connectivity index (χ2n) is 5.19. The summed E-state index contributed by atoms with van der Waals surface area (Å²) in [6, 6.07) is 1.69. The molecule has 0 bridgehead atoms. The highest BCUT2D eigenvalue weighted by Gasteiger charge is 2.40. The molecule has 5 nitrogen and oxygen atoms in total. The first-order valence-corrected chi connectivity index (χ1v) is 6.65. The van der Waals surface area contributed by atoms with E-state index in [9.17, 15) is 14.7 Å². The Morgan fingerprint density at radius 2 is 1.89 bits per heavy atom. The van der Waals surface area contributed by atoms with E-state index >= 15 is 0 Å². The molecule has 104 valence electrons. The van der Waals surface area contributed by atoms with E-state index in [1.807, 2.05) is 0 Å². The molecule has 1 aromatic rings. The number of amides is 1. The third-order valence-corrected chi connectivity index (χ3v) is 3.79. The van der Waals surface area contributed by atoms with Gasteiger partial charge >= 0.3 is 5.97 Å². The largest absolute Gasteiger partial charge is 0.480 e. The van der Waals surface area contributed by atoms with Gasteiger partial charge in [-0.3, -0.25) is 4.79 Å². The summed E-state index contributed by atoms with van der Waals surface area (Å²) in [7, 11) is 0. The lowest BCUT2D eigenvalue weighted by molar-refractivity contribution is -0.145. The van der Waals surface area contributed by atoms with E-state index in [0.717, 1.165) is 25.7 Å². The molecule has 0 saturated heterocycles. The summed E-state index contributed by atoms with van der Waals surface area (Å²) in [5.41, 5.74) is -0.432. The standard InChI is InChI=1S/C14H19NO4/c1-10-6-9-19-11(10)12(16)15-14(13(17)18)7-4-2-3-5-8-14/h6,9H,2-5,7-8H2,1H3,(H,15,16)(H,17,18). The Morgan fingerprint density at radius 1 is 1.26 bits per heavy atom. The Hall–Kier alpha value is -1.78. The summed E-state index contributed by atoms with van der Waals surface area (Å²) >= 11 is 0. The van der Waals surface area contributed by atoms with Crippen molar-refractivity contribution in [2.45, 2.75) is 51.0 Å². The van der Waals surface area contributed by atoms with E-state index < -0.39 is 17.4 Å². The van der Waals surface area contributed by atoms with Gasteiger partial charge in [0.2, 0.25) is 0 Å². The van der Waals surface area contributed by atoms with Gasteiger partial charge in [0.1, 0.15) is 5.54 Å². The van der Waals surface area contributed by atoms with E-state index in [1.54, 1.807) is 13.0 Å². The zero-order valence-electron chi connectivity index (χ0n) is 11.1. The van der Waals surface area contributed by atoms with Crippen LogP contribution in [0.25, 0.3) is 0 Å². The van der Waals surface area contributed by atoms with Gasteiger partial charge in [0.05, 0.1) is 6.26 Å². The third kappa shape index (κ3) is 2.80. The summed E-state index contributed by atoms with van der Waals surface area (Å²) in [4.78, 5) is 23.7. The summed E-state index contributed by atoms with van der Waals surface area (Å²) in [5, 5.41) is 12.2. The monoisotopic (exact) mass is 265 g/mol. The molecule has 2 N–H and O–H groups in total. The van der Waals surface area contributed by atoms with Gasteiger partial charge in [-0.1, -0.05) is 25.7 Å². The molecule has 0 aromatic carbocycles. The molecule has 0 radical (unpaired) electrons. The summed E-state index contributed by atoms with van der Waals surface area (Å²) in [5.74, 6) is -1.19. The van der Waals surface area contributed by atoms with Gasteiger partial charge in [0, 0.05) is 5.56 Å². The Labute approximate surface area is 112 Å². The van der Waals surface area contributed by atoms with Crippen LogP contribution in [-0.2, 0) is 4.79 Å². The zero-order chi connectivity index (χ0) is 13.9. The molecule has 5 heteroatoms. The van der Waals surface area contributed by atoms with Crippen molar-refractivity contribution in [2.24, 2.45) is 0 Å². The van der Waals surface area contributed by atoms with Crippen LogP contribution in [0.2, 0.25) is 0 Å². The Balaban J connectivity index is 2.19. The number of hydrogen-bond donors (Lipinski definition) is 2. The van der Waals surface area contributed by atoms with Crippen LogP contribution in [0.4, 0.5) is 0 Å². The molecule has 1 saturated carbocycles. The maximum Gasteiger partial charge on any atom is 0.329 e. The smallest absolute Gasteiger partial charge is 0.329 e. The second-order valence-corrected chi connectivity index (χ2v) is 5.19. The van der Waals surface area contributed by atoms with Crippen molar-refractivity contribution in [2.75, 3.05) is 0 Å². The van der Waals surface area contributed by atoms with Crippen LogP contribution in [0.3, 0.4) is 0 Å². The molecule has 1 heterocycles. The number of nitrogens with one attached hydrogen (secondary N) is 1. The highest BCUT2D eigenvalue weighted by Crippen LogP contribution is 2.28. The molecular weight excluding hydrogens is 246 g/mol. The average Bonchev–Trinajstić information content (AvgIpc) is 2.64. The van der Waals surface area contributed by atoms with Crippen LogP contribution in [0.1, 0.15) is 54.6 Å². The molecule has 2 rings (SSSR count). The van der Waals surface area contributed by atoms with Gasteiger partial charge < -0.3 is 14.8 Å². The van der Waals surface area contributed by atoms with Crippen LogP contribution in [0.5, 0.6) is 0 Å². The predicted octanol–water partition coefficient (Wildman–Crippen LogP) is 2.50. The van der Waals surface area contributed by atoms with Gasteiger partial charge in [-0.15, -0.1) is 0 Å². The number of aryl methyl sites for hydroxylation is 1. The molecular formula is C14H19NO4. The maximum atomic E-state index is 12.1. The minimum atomic E-state index is -1.15. The van der Waals surface area contributed by atoms with Crippen molar-refractivity contribution < 1.29 is 19.1 Å². The fourth-order valence-corrected chi connectivity index (χ4v) is 2.60. The molecule has 0 atom stereocenters. The van der Waals surface area contributed by atoms with E-state index in [4.69, 9.17) is 4.42 Å². The maximum absolute atomic E-state index is 12.1. The summed E-state index contributed by atoms with van der Waals surface area (Å²) in [6.07, 6.45) is 6.08. The van der Waals surface area contributed by atoms with Crippen molar-refractivity contribution in [3.05, 3.63) is 23.7 Å². The molecule has 1 amide bonds. The van der Waals surface area contributed by atoms with Gasteiger partial charge in [-0.2, -0.15) is 0 Å². The molecule has 19 heavy (non-hydrogen) atoms. The number of carboxylic acid groups (broad SMARTS) is 1. The normalized spacial score (nSPS) is 18.6. The number of hydrogen-bond acceptors (Lipinski definition) is 3. The minimum absolute atomic E-state index is 0.199. The van der Waals surface area contributed by atoms with Crippen LogP contribution < -0.4 is 5.32 Å². The van der Waals surface area contributed by atoms with Crippen molar-refractivity contribution >= 4 is 11.9 Å². The Kier molecular flexibility index (Phi) is 3.93. The van der Waals surface area contributed by atoms with Crippen LogP contribution >= 0.6 is 0 Å². The van der Waals surface area contributed by atoms with Crippen molar-refractivity contribution in [1.29, 1.82) is 0 Å². The summed E-state index contributed by atoms with van der Waals surface area (Å²) < 4.78 is 5.12. The topological polar surface area (TPSA) is 79.5 Å². The second kappa shape index (κ2) is 5.47. The van der Waals surface area contributed by atoms with Crippen molar-refractivity contribution in [3.8, 4) is 0 Å². The minimum Gasteiger partial charge on any atom is -0.480 e. The van der Waals surface area contributed by atoms with E-state index in [2.05, 4.69) is 5.32 Å². The van der Waals surface area contributed by atoms with Crippen molar-refractivity contribution in [3.63, 3.8) is 0 Å². The molecule has 0 aliphatic heterocycles. The number of carbonyl (C=O) groups excluding carboxylic acids is 1. The number of carboxylic acids is 1. The third-order valence-electron chi connectivity index (χ3n) is 3.79. The number of aliphatic carboxylic acids is 1. The molecule has 1 fully saturated rings. The van der Waals surface area contributed by atoms with E-state index in [-0.39, 0.29) is 5.76 Å². The Morgan fingerprint density at radius 3 is 2.37 bits per heavy atom. The molecule has 0 unspecified atom stereocenters. The lowest BCUT2D eigenvalue weighted by Gasteiger charge is -2.28. The molecule has 1 aromatic heterocycles. The van der Waals surface area contributed by atoms with Gasteiger partial charge in [0.25, 0.3) is 5.91 Å². The number of furan rings is 1. The van der Waals surface area contributed by atoms with Gasteiger partial charge in [-0.25, -0.2) is 4.79 Å². The van der Waals surface area contributed by atoms with E-state index in [1.165, 1.54) is 6.26 Å². The quantitative estimate of drug-likeness (QED) is 0.823. The molecule has 0 spiro atoms. The fraction of sp³-hybridized carbons (Fsp3) is 0.571. The van der Waals surface area contributed by atoms with Gasteiger partial charge in [-0.05, 0) is 25.8 Å². The van der Waals surface area contributed by atoms with Gasteiger partial charge in [0.15, 0.2) is 5.76 Å². The van der Waals surface area contributed by atoms with Crippen molar-refractivity contribution in [1.82, 2.24) is 5.32 Å². The van der Waals surface area contributed by atoms with Crippen LogP contribution in [0.15, 0.2) is 16.7 Å². The first kappa shape index (κ1) is 13.6. The fourth-order valence-electron chi connectivity index (χ4n) is 2.60. The number of carbonyl (C=O) groups is 2. The SMILES string of the molecule is Cc1ccoc1C(=O)NC1(C(=O)O)CCCCCC1. The first-order chi connectivity index (χ1) is 9.05. The lowest BCUT2D eigenvalue weighted by Crippen LogP contribution is -2.54. The van der Waals surface area contributed by atoms with Crippen LogP contribution in [-0.4, -0.2) is 22.5 Å². The number of rotatable bonds is 3. The van der Waals surface area contributed by atoms with E-state index in [0.29, 0.717) is 18.4 Å². The van der Waals surface area contributed by atoms with Crippen LogP contribution in [0, 0.1) is 6.92 Å². The average molecular weight is 265 g/mol. The lowest BCUT2D eigenvalue weighted by atomic mass is 9.90. The molecule has 1 aliphatic carbocycles. The Bertz CT molecular complexity index is 470. The first-order valence-electron chi connectivity index (χ1n) is 6.65. The highest BCUT2D eigenvalue weighted by atomic mass is 16.4. The predicted molar refractivity (Wildman–Crippen MR) is 69.0 cm³/mol. The molecule has 1 aliphatic rings. The zero-order valence-corrected chi connectivity index (χ0v) is 11.1. The highest BCUT2D eigenvalue weighted by molar-refractivity contribution is 5.96.